The lowest BCUT2D eigenvalue weighted by Crippen LogP contribution is -2.24. The zero-order valence-electron chi connectivity index (χ0n) is 10.8. The Morgan fingerprint density at radius 2 is 2.17 bits per heavy atom. The number of hydrogen-bond acceptors (Lipinski definition) is 4. The van der Waals surface area contributed by atoms with E-state index < -0.39 is 0 Å². The number of benzene rings is 1. The largest absolute Gasteiger partial charge is 0.493 e. The minimum Gasteiger partial charge on any atom is -0.493 e. The highest BCUT2D eigenvalue weighted by atomic mass is 16.5. The summed E-state index contributed by atoms with van der Waals surface area (Å²) in [5.74, 6) is 3.25. The molecule has 1 aromatic carbocycles. The van der Waals surface area contributed by atoms with Crippen LogP contribution in [0.15, 0.2) is 17.1 Å². The number of fused-ring (bicyclic) bond motifs is 1. The summed E-state index contributed by atoms with van der Waals surface area (Å²) in [5.41, 5.74) is 2.61. The molecule has 0 radical (unpaired) electrons. The molecule has 0 amide bonds. The second-order valence-corrected chi connectivity index (χ2v) is 4.65. The van der Waals surface area contributed by atoms with Gasteiger partial charge in [-0.3, -0.25) is 4.99 Å². The molecule has 18 heavy (non-hydrogen) atoms. The van der Waals surface area contributed by atoms with Gasteiger partial charge >= 0.3 is 0 Å². The van der Waals surface area contributed by atoms with E-state index in [1.54, 1.807) is 14.2 Å². The van der Waals surface area contributed by atoms with E-state index in [2.05, 4.69) is 16.4 Å². The van der Waals surface area contributed by atoms with E-state index in [-0.39, 0.29) is 0 Å². The van der Waals surface area contributed by atoms with Crippen LogP contribution in [0.4, 0.5) is 0 Å². The molecule has 0 unspecified atom stereocenters. The number of aliphatic imine (C=N–C) groups is 1. The molecule has 1 aliphatic carbocycles. The molecule has 1 N–H and O–H groups in total. The number of ether oxygens (including phenoxy) is 2. The van der Waals surface area contributed by atoms with E-state index in [0.717, 1.165) is 43.3 Å². The number of amidine groups is 1. The fraction of sp³-hybridized carbons (Fsp3) is 0.500. The third-order valence-electron chi connectivity index (χ3n) is 3.77. The molecule has 1 aliphatic heterocycles. The third kappa shape index (κ3) is 1.64. The van der Waals surface area contributed by atoms with Crippen LogP contribution in [-0.2, 0) is 6.42 Å². The van der Waals surface area contributed by atoms with Gasteiger partial charge in [0.15, 0.2) is 11.5 Å². The Labute approximate surface area is 107 Å². The highest BCUT2D eigenvalue weighted by molar-refractivity contribution is 5.91. The first-order valence-corrected chi connectivity index (χ1v) is 6.37. The number of methoxy groups -OCH3 is 2. The van der Waals surface area contributed by atoms with Crippen LogP contribution in [0.2, 0.25) is 0 Å². The average molecular weight is 246 g/mol. The van der Waals surface area contributed by atoms with Crippen molar-refractivity contribution in [2.75, 3.05) is 27.3 Å². The third-order valence-corrected chi connectivity index (χ3v) is 3.77. The average Bonchev–Trinajstić information content (AvgIpc) is 3.05. The Morgan fingerprint density at radius 1 is 1.28 bits per heavy atom. The summed E-state index contributed by atoms with van der Waals surface area (Å²) >= 11 is 0. The van der Waals surface area contributed by atoms with Gasteiger partial charge in [0.25, 0.3) is 0 Å². The van der Waals surface area contributed by atoms with Crippen molar-refractivity contribution >= 4 is 5.84 Å². The standard InChI is InChI=1S/C14H18N2O2/c1-17-12-6-5-9-10(13(12)18-2)3-4-11(9)14-15-7-8-16-14/h5-6,11H,3-4,7-8H2,1-2H3,(H,15,16)/t11-/m0/s1. The highest BCUT2D eigenvalue weighted by Crippen LogP contribution is 2.43. The van der Waals surface area contributed by atoms with Gasteiger partial charge in [-0.25, -0.2) is 0 Å². The molecular weight excluding hydrogens is 228 g/mol. The van der Waals surface area contributed by atoms with Crippen molar-refractivity contribution < 1.29 is 9.47 Å². The van der Waals surface area contributed by atoms with Crippen molar-refractivity contribution in [2.24, 2.45) is 4.99 Å². The van der Waals surface area contributed by atoms with Crippen LogP contribution < -0.4 is 14.8 Å². The fourth-order valence-corrected chi connectivity index (χ4v) is 2.97. The van der Waals surface area contributed by atoms with Crippen LogP contribution in [0.1, 0.15) is 23.5 Å². The summed E-state index contributed by atoms with van der Waals surface area (Å²) in [7, 11) is 3.39. The normalized spacial score (nSPS) is 21.2. The number of nitrogens with zero attached hydrogens (tertiary/aromatic N) is 1. The monoisotopic (exact) mass is 246 g/mol. The van der Waals surface area contributed by atoms with Gasteiger partial charge in [0.2, 0.25) is 0 Å². The van der Waals surface area contributed by atoms with Gasteiger partial charge in [-0.1, -0.05) is 6.07 Å². The molecule has 0 bridgehead atoms. The van der Waals surface area contributed by atoms with Gasteiger partial charge in [0.1, 0.15) is 5.84 Å². The van der Waals surface area contributed by atoms with Crippen molar-refractivity contribution in [1.29, 1.82) is 0 Å². The lowest BCUT2D eigenvalue weighted by Gasteiger charge is -2.15. The summed E-state index contributed by atoms with van der Waals surface area (Å²) in [4.78, 5) is 4.55. The molecule has 0 aromatic heterocycles. The van der Waals surface area contributed by atoms with Crippen LogP contribution in [0.25, 0.3) is 0 Å². The van der Waals surface area contributed by atoms with Crippen molar-refractivity contribution in [2.45, 2.75) is 18.8 Å². The molecule has 4 heteroatoms. The van der Waals surface area contributed by atoms with E-state index in [4.69, 9.17) is 9.47 Å². The molecule has 0 fully saturated rings. The molecule has 3 rings (SSSR count). The maximum Gasteiger partial charge on any atom is 0.164 e. The Balaban J connectivity index is 2.02. The molecule has 96 valence electrons. The first-order chi connectivity index (χ1) is 8.85. The Bertz CT molecular complexity index is 497. The predicted octanol–water partition coefficient (Wildman–Crippen LogP) is 1.74. The zero-order chi connectivity index (χ0) is 12.5. The second-order valence-electron chi connectivity index (χ2n) is 4.65. The van der Waals surface area contributed by atoms with Gasteiger partial charge in [0, 0.05) is 18.0 Å². The molecule has 1 heterocycles. The summed E-state index contributed by atoms with van der Waals surface area (Å²) in [5, 5.41) is 3.38. The fourth-order valence-electron chi connectivity index (χ4n) is 2.97. The quantitative estimate of drug-likeness (QED) is 0.883. The Kier molecular flexibility index (Phi) is 2.86. The molecule has 4 nitrogen and oxygen atoms in total. The van der Waals surface area contributed by atoms with Crippen LogP contribution in [0, 0.1) is 0 Å². The molecule has 1 atom stereocenters. The van der Waals surface area contributed by atoms with Gasteiger partial charge in [-0.05, 0) is 24.5 Å². The predicted molar refractivity (Wildman–Crippen MR) is 70.9 cm³/mol. The summed E-state index contributed by atoms with van der Waals surface area (Å²) < 4.78 is 10.9. The number of nitrogens with one attached hydrogen (secondary N) is 1. The minimum atomic E-state index is 0.405. The maximum atomic E-state index is 5.50. The topological polar surface area (TPSA) is 42.9 Å². The number of hydrogen-bond donors (Lipinski definition) is 1. The van der Waals surface area contributed by atoms with Crippen molar-refractivity contribution in [3.8, 4) is 11.5 Å². The van der Waals surface area contributed by atoms with Crippen molar-refractivity contribution in [3.63, 3.8) is 0 Å². The van der Waals surface area contributed by atoms with Crippen LogP contribution >= 0.6 is 0 Å². The SMILES string of the molecule is COc1ccc2c(c1OC)CC[C@@H]2C1=NCCN1. The Morgan fingerprint density at radius 3 is 2.83 bits per heavy atom. The van der Waals surface area contributed by atoms with E-state index >= 15 is 0 Å². The second kappa shape index (κ2) is 4.52. The smallest absolute Gasteiger partial charge is 0.164 e. The van der Waals surface area contributed by atoms with Gasteiger partial charge < -0.3 is 14.8 Å². The molecule has 0 saturated heterocycles. The van der Waals surface area contributed by atoms with Crippen LogP contribution in [0.5, 0.6) is 11.5 Å². The van der Waals surface area contributed by atoms with E-state index in [1.807, 2.05) is 6.07 Å². The lowest BCUT2D eigenvalue weighted by atomic mass is 9.99. The molecule has 0 spiro atoms. The van der Waals surface area contributed by atoms with Crippen molar-refractivity contribution in [1.82, 2.24) is 5.32 Å². The van der Waals surface area contributed by atoms with E-state index in [0.29, 0.717) is 5.92 Å². The highest BCUT2D eigenvalue weighted by Gasteiger charge is 2.31. The van der Waals surface area contributed by atoms with Gasteiger partial charge in [0.05, 0.1) is 20.8 Å². The Hall–Kier alpha value is -1.71. The van der Waals surface area contributed by atoms with E-state index in [1.165, 1.54) is 11.1 Å². The minimum absolute atomic E-state index is 0.405. The van der Waals surface area contributed by atoms with Crippen LogP contribution in [-0.4, -0.2) is 33.1 Å². The van der Waals surface area contributed by atoms with Crippen LogP contribution in [0.3, 0.4) is 0 Å². The summed E-state index contributed by atoms with van der Waals surface area (Å²) in [6.45, 7) is 1.86. The van der Waals surface area contributed by atoms with Crippen molar-refractivity contribution in [3.05, 3.63) is 23.3 Å². The number of rotatable bonds is 3. The molecular formula is C14H18N2O2. The van der Waals surface area contributed by atoms with Gasteiger partial charge in [-0.15, -0.1) is 0 Å². The molecule has 1 aromatic rings. The summed E-state index contributed by atoms with van der Waals surface area (Å²) in [6, 6.07) is 4.14. The maximum absolute atomic E-state index is 5.50. The molecule has 0 saturated carbocycles. The first-order valence-electron chi connectivity index (χ1n) is 6.37. The first kappa shape index (κ1) is 11.4. The van der Waals surface area contributed by atoms with Gasteiger partial charge in [-0.2, -0.15) is 0 Å². The zero-order valence-corrected chi connectivity index (χ0v) is 10.8. The summed E-state index contributed by atoms with van der Waals surface area (Å²) in [6.07, 6.45) is 2.13. The molecule has 2 aliphatic rings. The van der Waals surface area contributed by atoms with E-state index in [9.17, 15) is 0 Å². The lowest BCUT2D eigenvalue weighted by molar-refractivity contribution is 0.352.